The smallest absolute Gasteiger partial charge is 0.101 e. The summed E-state index contributed by atoms with van der Waals surface area (Å²) in [4.78, 5) is 2.34. The van der Waals surface area contributed by atoms with E-state index in [0.29, 0.717) is 6.04 Å². The zero-order chi connectivity index (χ0) is 13.1. The SMILES string of the molecule is Cc1cccc(C#N)c1N(C)C1CCCC(C)C1. The van der Waals surface area contributed by atoms with E-state index >= 15 is 0 Å². The number of nitrogens with zero attached hydrogens (tertiary/aromatic N) is 2. The van der Waals surface area contributed by atoms with Crippen LogP contribution in [0.5, 0.6) is 0 Å². The molecule has 2 heteroatoms. The van der Waals surface area contributed by atoms with Crippen molar-refractivity contribution in [3.63, 3.8) is 0 Å². The quantitative estimate of drug-likeness (QED) is 0.787. The lowest BCUT2D eigenvalue weighted by Gasteiger charge is -2.36. The van der Waals surface area contributed by atoms with Gasteiger partial charge in [-0.05, 0) is 37.3 Å². The monoisotopic (exact) mass is 242 g/mol. The van der Waals surface area contributed by atoms with Crippen molar-refractivity contribution in [3.8, 4) is 6.07 Å². The van der Waals surface area contributed by atoms with E-state index in [9.17, 15) is 5.26 Å². The van der Waals surface area contributed by atoms with E-state index in [1.54, 1.807) is 0 Å². The van der Waals surface area contributed by atoms with Crippen LogP contribution >= 0.6 is 0 Å². The minimum atomic E-state index is 0.585. The van der Waals surface area contributed by atoms with Crippen molar-refractivity contribution in [1.82, 2.24) is 0 Å². The van der Waals surface area contributed by atoms with E-state index in [1.807, 2.05) is 12.1 Å². The van der Waals surface area contributed by atoms with Crippen LogP contribution in [0.3, 0.4) is 0 Å². The van der Waals surface area contributed by atoms with Crippen LogP contribution in [0.2, 0.25) is 0 Å². The molecule has 1 aliphatic rings. The fraction of sp³-hybridized carbons (Fsp3) is 0.562. The van der Waals surface area contributed by atoms with Crippen LogP contribution < -0.4 is 4.90 Å². The second kappa shape index (κ2) is 5.44. The molecule has 0 heterocycles. The normalized spacial score (nSPS) is 23.4. The molecule has 1 fully saturated rings. The second-order valence-electron chi connectivity index (χ2n) is 5.62. The highest BCUT2D eigenvalue weighted by Crippen LogP contribution is 2.32. The minimum Gasteiger partial charge on any atom is -0.370 e. The molecule has 0 amide bonds. The second-order valence-corrected chi connectivity index (χ2v) is 5.62. The summed E-state index contributed by atoms with van der Waals surface area (Å²) in [6, 6.07) is 8.90. The molecule has 96 valence electrons. The lowest BCUT2D eigenvalue weighted by molar-refractivity contribution is 0.336. The first kappa shape index (κ1) is 13.0. The summed E-state index contributed by atoms with van der Waals surface area (Å²) in [6.45, 7) is 4.43. The molecule has 18 heavy (non-hydrogen) atoms. The standard InChI is InChI=1S/C16H22N2/c1-12-6-4-9-15(10-12)18(3)16-13(2)7-5-8-14(16)11-17/h5,7-8,12,15H,4,6,9-10H2,1-3H3. The number of anilines is 1. The fourth-order valence-electron chi connectivity index (χ4n) is 3.15. The molecular weight excluding hydrogens is 220 g/mol. The topological polar surface area (TPSA) is 27.0 Å². The molecule has 0 saturated heterocycles. The molecule has 0 aliphatic heterocycles. The Morgan fingerprint density at radius 1 is 1.33 bits per heavy atom. The zero-order valence-corrected chi connectivity index (χ0v) is 11.6. The molecule has 1 aromatic rings. The van der Waals surface area contributed by atoms with Gasteiger partial charge in [-0.2, -0.15) is 5.26 Å². The molecule has 2 rings (SSSR count). The molecular formula is C16H22N2. The van der Waals surface area contributed by atoms with Gasteiger partial charge in [-0.3, -0.25) is 0 Å². The average Bonchev–Trinajstić information content (AvgIpc) is 2.37. The molecule has 1 aromatic carbocycles. The Morgan fingerprint density at radius 2 is 2.11 bits per heavy atom. The van der Waals surface area contributed by atoms with Gasteiger partial charge in [-0.1, -0.05) is 31.9 Å². The summed E-state index contributed by atoms with van der Waals surface area (Å²) in [6.07, 6.45) is 5.16. The van der Waals surface area contributed by atoms with Gasteiger partial charge in [-0.15, -0.1) is 0 Å². The summed E-state index contributed by atoms with van der Waals surface area (Å²) in [5, 5.41) is 9.27. The van der Waals surface area contributed by atoms with Gasteiger partial charge >= 0.3 is 0 Å². The molecule has 0 aromatic heterocycles. The van der Waals surface area contributed by atoms with Gasteiger partial charge in [0.05, 0.1) is 11.3 Å². The Morgan fingerprint density at radius 3 is 2.78 bits per heavy atom. The highest BCUT2D eigenvalue weighted by atomic mass is 15.1. The van der Waals surface area contributed by atoms with Crippen LogP contribution in [0.4, 0.5) is 5.69 Å². The van der Waals surface area contributed by atoms with Gasteiger partial charge in [-0.25, -0.2) is 0 Å². The number of benzene rings is 1. The Kier molecular flexibility index (Phi) is 3.91. The number of hydrogen-bond acceptors (Lipinski definition) is 2. The van der Waals surface area contributed by atoms with Crippen LogP contribution in [-0.2, 0) is 0 Å². The van der Waals surface area contributed by atoms with Gasteiger partial charge in [0.2, 0.25) is 0 Å². The number of para-hydroxylation sites is 1. The van der Waals surface area contributed by atoms with Gasteiger partial charge in [0.25, 0.3) is 0 Å². The van der Waals surface area contributed by atoms with Crippen LogP contribution in [0.25, 0.3) is 0 Å². The minimum absolute atomic E-state index is 0.585. The maximum atomic E-state index is 9.27. The first-order valence-electron chi connectivity index (χ1n) is 6.86. The van der Waals surface area contributed by atoms with E-state index < -0.39 is 0 Å². The van der Waals surface area contributed by atoms with Crippen molar-refractivity contribution in [2.24, 2.45) is 5.92 Å². The zero-order valence-electron chi connectivity index (χ0n) is 11.6. The third kappa shape index (κ3) is 2.51. The third-order valence-corrected chi connectivity index (χ3v) is 4.17. The van der Waals surface area contributed by atoms with Crippen molar-refractivity contribution in [2.75, 3.05) is 11.9 Å². The lowest BCUT2D eigenvalue weighted by atomic mass is 9.86. The van der Waals surface area contributed by atoms with E-state index in [2.05, 4.69) is 37.9 Å². The molecule has 1 saturated carbocycles. The Hall–Kier alpha value is -1.49. The van der Waals surface area contributed by atoms with Crippen LogP contribution in [0.15, 0.2) is 18.2 Å². The van der Waals surface area contributed by atoms with Crippen molar-refractivity contribution >= 4 is 5.69 Å². The van der Waals surface area contributed by atoms with Crippen molar-refractivity contribution in [1.29, 1.82) is 5.26 Å². The predicted molar refractivity (Wildman–Crippen MR) is 75.7 cm³/mol. The fourth-order valence-corrected chi connectivity index (χ4v) is 3.15. The van der Waals surface area contributed by atoms with Crippen LogP contribution in [-0.4, -0.2) is 13.1 Å². The van der Waals surface area contributed by atoms with E-state index in [1.165, 1.54) is 31.2 Å². The van der Waals surface area contributed by atoms with Crippen molar-refractivity contribution in [3.05, 3.63) is 29.3 Å². The van der Waals surface area contributed by atoms with Crippen molar-refractivity contribution in [2.45, 2.75) is 45.6 Å². The van der Waals surface area contributed by atoms with E-state index in [4.69, 9.17) is 0 Å². The van der Waals surface area contributed by atoms with Crippen molar-refractivity contribution < 1.29 is 0 Å². The molecule has 2 atom stereocenters. The molecule has 0 bridgehead atoms. The van der Waals surface area contributed by atoms with Gasteiger partial charge in [0.1, 0.15) is 6.07 Å². The molecule has 2 unspecified atom stereocenters. The Labute approximate surface area is 110 Å². The number of nitriles is 1. The maximum absolute atomic E-state index is 9.27. The van der Waals surface area contributed by atoms with Gasteiger partial charge < -0.3 is 4.90 Å². The largest absolute Gasteiger partial charge is 0.370 e. The predicted octanol–water partition coefficient (Wildman–Crippen LogP) is 3.88. The highest BCUT2D eigenvalue weighted by Gasteiger charge is 2.24. The number of aryl methyl sites for hydroxylation is 1. The molecule has 1 aliphatic carbocycles. The van der Waals surface area contributed by atoms with E-state index in [-0.39, 0.29) is 0 Å². The maximum Gasteiger partial charge on any atom is 0.101 e. The molecule has 2 nitrogen and oxygen atoms in total. The van der Waals surface area contributed by atoms with Crippen LogP contribution in [0.1, 0.15) is 43.7 Å². The number of rotatable bonds is 2. The first-order valence-corrected chi connectivity index (χ1v) is 6.86. The highest BCUT2D eigenvalue weighted by molar-refractivity contribution is 5.64. The van der Waals surface area contributed by atoms with Crippen LogP contribution in [0, 0.1) is 24.2 Å². The lowest BCUT2D eigenvalue weighted by Crippen LogP contribution is -2.36. The summed E-state index contributed by atoms with van der Waals surface area (Å²) in [5.74, 6) is 0.806. The Balaban J connectivity index is 2.28. The summed E-state index contributed by atoms with van der Waals surface area (Å²) >= 11 is 0. The Bertz CT molecular complexity index is 459. The number of hydrogen-bond donors (Lipinski definition) is 0. The van der Waals surface area contributed by atoms with Gasteiger partial charge in [0.15, 0.2) is 0 Å². The first-order chi connectivity index (χ1) is 8.63. The molecule has 0 radical (unpaired) electrons. The molecule has 0 spiro atoms. The summed E-state index contributed by atoms with van der Waals surface area (Å²) in [7, 11) is 2.14. The summed E-state index contributed by atoms with van der Waals surface area (Å²) < 4.78 is 0. The summed E-state index contributed by atoms with van der Waals surface area (Å²) in [5.41, 5.74) is 3.13. The van der Waals surface area contributed by atoms with E-state index in [0.717, 1.165) is 17.2 Å². The average molecular weight is 242 g/mol. The third-order valence-electron chi connectivity index (χ3n) is 4.17. The molecule has 0 N–H and O–H groups in total. The van der Waals surface area contributed by atoms with Gasteiger partial charge in [0, 0.05) is 13.1 Å².